The van der Waals surface area contributed by atoms with E-state index >= 15 is 0 Å². The Kier molecular flexibility index (Phi) is 4.35. The number of carboxylic acids is 1. The lowest BCUT2D eigenvalue weighted by Crippen LogP contribution is -2.19. The summed E-state index contributed by atoms with van der Waals surface area (Å²) in [6.07, 6.45) is -0.271. The molecule has 2 aromatic carbocycles. The number of ether oxygens (including phenoxy) is 1. The first-order valence-corrected chi connectivity index (χ1v) is 6.49. The molecule has 0 radical (unpaired) electrons. The third kappa shape index (κ3) is 2.96. The Bertz CT molecular complexity index is 628. The van der Waals surface area contributed by atoms with E-state index in [0.717, 1.165) is 10.8 Å². The van der Waals surface area contributed by atoms with Gasteiger partial charge in [-0.1, -0.05) is 42.5 Å². The number of benzene rings is 2. The fourth-order valence-corrected chi connectivity index (χ4v) is 2.29. The standard InChI is InChI=1S/C16H16O4/c1-2-20-16(19)14(10-15(17)18)13-9-5-7-11-6-3-4-8-12(11)13/h3-9,14H,2,10H2,1H3,(H,17,18). The minimum absolute atomic E-state index is 0.236. The summed E-state index contributed by atoms with van der Waals surface area (Å²) < 4.78 is 5.01. The molecule has 0 aromatic heterocycles. The summed E-state index contributed by atoms with van der Waals surface area (Å²) in [7, 11) is 0. The number of esters is 1. The highest BCUT2D eigenvalue weighted by Gasteiger charge is 2.26. The lowest BCUT2D eigenvalue weighted by molar-refractivity contribution is -0.149. The van der Waals surface area contributed by atoms with E-state index in [2.05, 4.69) is 0 Å². The zero-order valence-electron chi connectivity index (χ0n) is 11.2. The molecule has 0 aliphatic rings. The Labute approximate surface area is 117 Å². The van der Waals surface area contributed by atoms with Crippen LogP contribution in [-0.2, 0) is 14.3 Å². The van der Waals surface area contributed by atoms with E-state index in [9.17, 15) is 9.59 Å². The Morgan fingerprint density at radius 2 is 1.85 bits per heavy atom. The highest BCUT2D eigenvalue weighted by molar-refractivity contribution is 5.93. The van der Waals surface area contributed by atoms with Crippen LogP contribution in [0.3, 0.4) is 0 Å². The molecule has 0 bridgehead atoms. The fourth-order valence-electron chi connectivity index (χ4n) is 2.29. The number of hydrogen-bond donors (Lipinski definition) is 1. The van der Waals surface area contributed by atoms with Gasteiger partial charge in [0.15, 0.2) is 0 Å². The third-order valence-electron chi connectivity index (χ3n) is 3.15. The fraction of sp³-hybridized carbons (Fsp3) is 0.250. The van der Waals surface area contributed by atoms with Gasteiger partial charge < -0.3 is 9.84 Å². The van der Waals surface area contributed by atoms with Crippen LogP contribution in [0.25, 0.3) is 10.8 Å². The number of rotatable bonds is 5. The van der Waals surface area contributed by atoms with Crippen LogP contribution in [0.4, 0.5) is 0 Å². The first-order chi connectivity index (χ1) is 9.63. The summed E-state index contributed by atoms with van der Waals surface area (Å²) in [5.74, 6) is -2.29. The van der Waals surface area contributed by atoms with E-state index in [1.165, 1.54) is 0 Å². The van der Waals surface area contributed by atoms with Gasteiger partial charge in [0.1, 0.15) is 0 Å². The molecule has 4 nitrogen and oxygen atoms in total. The topological polar surface area (TPSA) is 63.6 Å². The van der Waals surface area contributed by atoms with Crippen LogP contribution in [0.15, 0.2) is 42.5 Å². The first kappa shape index (κ1) is 14.1. The molecule has 0 saturated carbocycles. The van der Waals surface area contributed by atoms with Gasteiger partial charge >= 0.3 is 11.9 Å². The van der Waals surface area contributed by atoms with E-state index in [-0.39, 0.29) is 13.0 Å². The number of carbonyl (C=O) groups excluding carboxylic acids is 1. The van der Waals surface area contributed by atoms with Gasteiger partial charge in [-0.2, -0.15) is 0 Å². The molecule has 0 spiro atoms. The highest BCUT2D eigenvalue weighted by atomic mass is 16.5. The molecule has 2 aromatic rings. The summed E-state index contributed by atoms with van der Waals surface area (Å²) in [6.45, 7) is 1.94. The van der Waals surface area contributed by atoms with Gasteiger partial charge in [0.25, 0.3) is 0 Å². The maximum atomic E-state index is 12.0. The van der Waals surface area contributed by atoms with Crippen LogP contribution < -0.4 is 0 Å². The van der Waals surface area contributed by atoms with Crippen molar-refractivity contribution < 1.29 is 19.4 Å². The van der Waals surface area contributed by atoms with Crippen molar-refractivity contribution in [2.24, 2.45) is 0 Å². The predicted octanol–water partition coefficient (Wildman–Crippen LogP) is 2.96. The number of carbonyl (C=O) groups is 2. The van der Waals surface area contributed by atoms with Crippen LogP contribution >= 0.6 is 0 Å². The molecule has 4 heteroatoms. The predicted molar refractivity (Wildman–Crippen MR) is 75.6 cm³/mol. The first-order valence-electron chi connectivity index (χ1n) is 6.49. The number of fused-ring (bicyclic) bond motifs is 1. The van der Waals surface area contributed by atoms with Crippen molar-refractivity contribution in [1.29, 1.82) is 0 Å². The molecule has 20 heavy (non-hydrogen) atoms. The van der Waals surface area contributed by atoms with E-state index in [0.29, 0.717) is 5.56 Å². The van der Waals surface area contributed by atoms with Crippen molar-refractivity contribution in [3.05, 3.63) is 48.0 Å². The maximum absolute atomic E-state index is 12.0. The number of hydrogen-bond acceptors (Lipinski definition) is 3. The summed E-state index contributed by atoms with van der Waals surface area (Å²) in [5.41, 5.74) is 0.698. The van der Waals surface area contributed by atoms with E-state index in [1.54, 1.807) is 13.0 Å². The smallest absolute Gasteiger partial charge is 0.314 e. The van der Waals surface area contributed by atoms with Gasteiger partial charge in [-0.15, -0.1) is 0 Å². The van der Waals surface area contributed by atoms with Crippen molar-refractivity contribution >= 4 is 22.7 Å². The third-order valence-corrected chi connectivity index (χ3v) is 3.15. The minimum atomic E-state index is -1.02. The SMILES string of the molecule is CCOC(=O)C(CC(=O)O)c1cccc2ccccc12. The number of aliphatic carboxylic acids is 1. The molecule has 1 atom stereocenters. The zero-order valence-corrected chi connectivity index (χ0v) is 11.2. The largest absolute Gasteiger partial charge is 0.481 e. The maximum Gasteiger partial charge on any atom is 0.314 e. The Morgan fingerprint density at radius 1 is 1.15 bits per heavy atom. The molecule has 1 unspecified atom stereocenters. The highest BCUT2D eigenvalue weighted by Crippen LogP contribution is 2.29. The summed E-state index contributed by atoms with van der Waals surface area (Å²) in [5, 5.41) is 10.9. The average Bonchev–Trinajstić information content (AvgIpc) is 2.44. The van der Waals surface area contributed by atoms with Crippen LogP contribution in [0.5, 0.6) is 0 Å². The van der Waals surface area contributed by atoms with Crippen molar-refractivity contribution in [3.8, 4) is 0 Å². The minimum Gasteiger partial charge on any atom is -0.481 e. The van der Waals surface area contributed by atoms with E-state index in [1.807, 2.05) is 36.4 Å². The van der Waals surface area contributed by atoms with Crippen molar-refractivity contribution in [1.82, 2.24) is 0 Å². The second-order valence-corrected chi connectivity index (χ2v) is 4.47. The lowest BCUT2D eigenvalue weighted by Gasteiger charge is -2.16. The van der Waals surface area contributed by atoms with Crippen LogP contribution in [0, 0.1) is 0 Å². The van der Waals surface area contributed by atoms with E-state index in [4.69, 9.17) is 9.84 Å². The van der Waals surface area contributed by atoms with Gasteiger partial charge in [-0.3, -0.25) is 9.59 Å². The van der Waals surface area contributed by atoms with Gasteiger partial charge in [-0.05, 0) is 23.3 Å². The second-order valence-electron chi connectivity index (χ2n) is 4.47. The monoisotopic (exact) mass is 272 g/mol. The van der Waals surface area contributed by atoms with Gasteiger partial charge in [0.05, 0.1) is 18.9 Å². The summed E-state index contributed by atoms with van der Waals surface area (Å²) in [4.78, 5) is 23.1. The normalized spacial score (nSPS) is 12.1. The molecule has 0 aliphatic heterocycles. The van der Waals surface area contributed by atoms with Gasteiger partial charge in [0.2, 0.25) is 0 Å². The van der Waals surface area contributed by atoms with Crippen molar-refractivity contribution in [2.75, 3.05) is 6.61 Å². The van der Waals surface area contributed by atoms with E-state index < -0.39 is 17.9 Å². The summed E-state index contributed by atoms with van der Waals surface area (Å²) >= 11 is 0. The number of carboxylic acid groups (broad SMARTS) is 1. The Hall–Kier alpha value is -2.36. The van der Waals surface area contributed by atoms with Crippen molar-refractivity contribution in [2.45, 2.75) is 19.3 Å². The molecule has 104 valence electrons. The molecule has 1 N–H and O–H groups in total. The van der Waals surface area contributed by atoms with Gasteiger partial charge in [0, 0.05) is 0 Å². The lowest BCUT2D eigenvalue weighted by atomic mass is 9.91. The average molecular weight is 272 g/mol. The molecule has 0 saturated heterocycles. The quantitative estimate of drug-likeness (QED) is 0.850. The molecule has 0 aliphatic carbocycles. The molecule has 0 fully saturated rings. The van der Waals surface area contributed by atoms with Crippen LogP contribution in [0.1, 0.15) is 24.8 Å². The van der Waals surface area contributed by atoms with Gasteiger partial charge in [-0.25, -0.2) is 0 Å². The van der Waals surface area contributed by atoms with Crippen LogP contribution in [-0.4, -0.2) is 23.7 Å². The molecular weight excluding hydrogens is 256 g/mol. The summed E-state index contributed by atoms with van der Waals surface area (Å²) in [6, 6.07) is 13.1. The zero-order chi connectivity index (χ0) is 14.5. The van der Waals surface area contributed by atoms with Crippen molar-refractivity contribution in [3.63, 3.8) is 0 Å². The molecule has 0 heterocycles. The Balaban J connectivity index is 2.50. The Morgan fingerprint density at radius 3 is 2.55 bits per heavy atom. The molecule has 0 amide bonds. The van der Waals surface area contributed by atoms with Crippen LogP contribution in [0.2, 0.25) is 0 Å². The molecular formula is C16H16O4. The molecule has 2 rings (SSSR count). The second kappa shape index (κ2) is 6.19.